The lowest BCUT2D eigenvalue weighted by atomic mass is 10.0. The Morgan fingerprint density at radius 2 is 1.60 bits per heavy atom. The van der Waals surface area contributed by atoms with Gasteiger partial charge in [0, 0.05) is 34.6 Å². The number of halogens is 2. The molecular formula is C32H37Cl2N3O4S. The number of nitrogens with one attached hydrogen (secondary N) is 1. The lowest BCUT2D eigenvalue weighted by Crippen LogP contribution is -2.54. The summed E-state index contributed by atoms with van der Waals surface area (Å²) in [4.78, 5) is 29.7. The highest BCUT2D eigenvalue weighted by molar-refractivity contribution is 7.92. The maximum atomic E-state index is 14.3. The van der Waals surface area contributed by atoms with Crippen LogP contribution in [0.5, 0.6) is 0 Å². The van der Waals surface area contributed by atoms with E-state index in [0.717, 1.165) is 47.4 Å². The average Bonchev–Trinajstić information content (AvgIpc) is 3.44. The van der Waals surface area contributed by atoms with Crippen LogP contribution in [0.4, 0.5) is 5.69 Å². The molecule has 0 saturated heterocycles. The summed E-state index contributed by atoms with van der Waals surface area (Å²) in [6, 6.07) is 19.0. The van der Waals surface area contributed by atoms with Crippen molar-refractivity contribution in [1.82, 2.24) is 10.2 Å². The molecule has 1 atom stereocenters. The van der Waals surface area contributed by atoms with Gasteiger partial charge in [-0.1, -0.05) is 90.1 Å². The van der Waals surface area contributed by atoms with Crippen molar-refractivity contribution < 1.29 is 18.0 Å². The maximum absolute atomic E-state index is 14.3. The first-order valence-electron chi connectivity index (χ1n) is 14.1. The lowest BCUT2D eigenvalue weighted by molar-refractivity contribution is -0.140. The molecule has 1 aliphatic rings. The molecule has 0 heterocycles. The van der Waals surface area contributed by atoms with Gasteiger partial charge in [-0.2, -0.15) is 0 Å². The van der Waals surface area contributed by atoms with Crippen molar-refractivity contribution in [3.63, 3.8) is 0 Å². The summed E-state index contributed by atoms with van der Waals surface area (Å²) in [6.45, 7) is 3.16. The first-order valence-corrected chi connectivity index (χ1v) is 16.7. The number of benzene rings is 3. The Kier molecular flexibility index (Phi) is 10.6. The third-order valence-electron chi connectivity index (χ3n) is 7.66. The van der Waals surface area contributed by atoms with Crippen LogP contribution in [0.1, 0.15) is 47.9 Å². The molecule has 10 heteroatoms. The quantitative estimate of drug-likeness (QED) is 0.279. The van der Waals surface area contributed by atoms with Crippen molar-refractivity contribution in [2.45, 2.75) is 64.6 Å². The SMILES string of the molecule is Cc1ccc(N(CC(=O)N(Cc2c(Cl)cccc2Cl)[C@@H](Cc2ccccc2)C(=O)NC2CCCC2)S(C)(=O)=O)c(C)c1. The van der Waals surface area contributed by atoms with E-state index in [-0.39, 0.29) is 24.9 Å². The van der Waals surface area contributed by atoms with E-state index in [1.165, 1.54) is 4.90 Å². The molecule has 1 N–H and O–H groups in total. The normalized spacial score (nSPS) is 14.4. The van der Waals surface area contributed by atoms with Crippen LogP contribution < -0.4 is 9.62 Å². The summed E-state index contributed by atoms with van der Waals surface area (Å²) in [5, 5.41) is 3.85. The zero-order valence-corrected chi connectivity index (χ0v) is 26.5. The van der Waals surface area contributed by atoms with Gasteiger partial charge in [0.25, 0.3) is 0 Å². The fourth-order valence-electron chi connectivity index (χ4n) is 5.46. The smallest absolute Gasteiger partial charge is 0.244 e. The minimum Gasteiger partial charge on any atom is -0.352 e. The number of anilines is 1. The van der Waals surface area contributed by atoms with E-state index in [2.05, 4.69) is 5.32 Å². The molecule has 1 aliphatic carbocycles. The Balaban J connectivity index is 1.77. The van der Waals surface area contributed by atoms with Gasteiger partial charge in [0.05, 0.1) is 11.9 Å². The van der Waals surface area contributed by atoms with Gasteiger partial charge < -0.3 is 10.2 Å². The fraction of sp³-hybridized carbons (Fsp3) is 0.375. The largest absolute Gasteiger partial charge is 0.352 e. The van der Waals surface area contributed by atoms with E-state index in [4.69, 9.17) is 23.2 Å². The molecule has 0 bridgehead atoms. The van der Waals surface area contributed by atoms with Crippen molar-refractivity contribution in [3.8, 4) is 0 Å². The Morgan fingerprint density at radius 3 is 2.19 bits per heavy atom. The van der Waals surface area contributed by atoms with E-state index in [1.54, 1.807) is 37.3 Å². The van der Waals surface area contributed by atoms with Gasteiger partial charge in [0.1, 0.15) is 12.6 Å². The number of carbonyl (C=O) groups is 2. The highest BCUT2D eigenvalue weighted by Crippen LogP contribution is 2.29. The van der Waals surface area contributed by atoms with Gasteiger partial charge in [-0.25, -0.2) is 8.42 Å². The van der Waals surface area contributed by atoms with E-state index < -0.39 is 28.5 Å². The second-order valence-corrected chi connectivity index (χ2v) is 13.7. The third kappa shape index (κ3) is 8.06. The Morgan fingerprint density at radius 1 is 0.952 bits per heavy atom. The molecule has 7 nitrogen and oxygen atoms in total. The van der Waals surface area contributed by atoms with Crippen LogP contribution in [0.2, 0.25) is 10.0 Å². The van der Waals surface area contributed by atoms with Crippen molar-refractivity contribution >= 4 is 50.7 Å². The van der Waals surface area contributed by atoms with Crippen molar-refractivity contribution in [1.29, 1.82) is 0 Å². The Hall–Kier alpha value is -3.07. The highest BCUT2D eigenvalue weighted by Gasteiger charge is 2.35. The van der Waals surface area contributed by atoms with Gasteiger partial charge in [-0.15, -0.1) is 0 Å². The maximum Gasteiger partial charge on any atom is 0.244 e. The summed E-state index contributed by atoms with van der Waals surface area (Å²) >= 11 is 13.1. The fourth-order valence-corrected chi connectivity index (χ4v) is 6.88. The van der Waals surface area contributed by atoms with Gasteiger partial charge in [0.2, 0.25) is 21.8 Å². The number of carbonyl (C=O) groups excluding carboxylic acids is 2. The number of hydrogen-bond acceptors (Lipinski definition) is 4. The summed E-state index contributed by atoms with van der Waals surface area (Å²) < 4.78 is 27.2. The predicted octanol–water partition coefficient (Wildman–Crippen LogP) is 6.08. The first-order chi connectivity index (χ1) is 19.9. The lowest BCUT2D eigenvalue weighted by Gasteiger charge is -2.34. The number of hydrogen-bond donors (Lipinski definition) is 1. The molecule has 1 saturated carbocycles. The topological polar surface area (TPSA) is 86.8 Å². The Bertz CT molecular complexity index is 1510. The van der Waals surface area contributed by atoms with Crippen molar-refractivity contribution in [2.24, 2.45) is 0 Å². The van der Waals surface area contributed by atoms with E-state index in [1.807, 2.05) is 43.3 Å². The number of rotatable bonds is 11. The second kappa shape index (κ2) is 13.9. The molecule has 42 heavy (non-hydrogen) atoms. The van der Waals surface area contributed by atoms with Crippen LogP contribution in [0.3, 0.4) is 0 Å². The molecule has 0 aromatic heterocycles. The number of amides is 2. The number of sulfonamides is 1. The van der Waals surface area contributed by atoms with Crippen LogP contribution in [0, 0.1) is 13.8 Å². The molecule has 4 rings (SSSR count). The molecule has 1 fully saturated rings. The molecule has 3 aromatic rings. The molecule has 0 aliphatic heterocycles. The minimum absolute atomic E-state index is 0.0272. The van der Waals surface area contributed by atoms with Crippen LogP contribution >= 0.6 is 23.2 Å². The molecule has 0 radical (unpaired) electrons. The average molecular weight is 631 g/mol. The molecule has 0 unspecified atom stereocenters. The summed E-state index contributed by atoms with van der Waals surface area (Å²) in [5.41, 5.74) is 3.44. The molecule has 2 amide bonds. The standard InChI is InChI=1S/C32H37Cl2N3O4S/c1-22-16-17-29(23(2)18-22)37(42(3,40)41)21-31(38)36(20-26-27(33)14-9-15-28(26)34)30(19-24-10-5-4-6-11-24)32(39)35-25-12-7-8-13-25/h4-6,9-11,14-18,25,30H,7-8,12-13,19-21H2,1-3H3,(H,35,39)/t30-/m0/s1. The van der Waals surface area contributed by atoms with Crippen molar-refractivity contribution in [3.05, 3.63) is 99.0 Å². The summed E-state index contributed by atoms with van der Waals surface area (Å²) in [5.74, 6) is -0.835. The number of nitrogens with zero attached hydrogens (tertiary/aromatic N) is 2. The van der Waals surface area contributed by atoms with E-state index in [9.17, 15) is 18.0 Å². The first kappa shape index (κ1) is 31.9. The van der Waals surface area contributed by atoms with Crippen LogP contribution in [0.15, 0.2) is 66.7 Å². The molecule has 224 valence electrons. The van der Waals surface area contributed by atoms with E-state index in [0.29, 0.717) is 26.9 Å². The minimum atomic E-state index is -3.86. The van der Waals surface area contributed by atoms with Gasteiger partial charge in [-0.05, 0) is 56.0 Å². The third-order valence-corrected chi connectivity index (χ3v) is 9.50. The van der Waals surface area contributed by atoms with Crippen LogP contribution in [-0.2, 0) is 32.6 Å². The molecule has 0 spiro atoms. The second-order valence-electron chi connectivity index (χ2n) is 11.0. The monoisotopic (exact) mass is 629 g/mol. The van der Waals surface area contributed by atoms with Gasteiger partial charge >= 0.3 is 0 Å². The van der Waals surface area contributed by atoms with E-state index >= 15 is 0 Å². The van der Waals surface area contributed by atoms with Crippen LogP contribution in [0.25, 0.3) is 0 Å². The van der Waals surface area contributed by atoms with Gasteiger partial charge in [-0.3, -0.25) is 13.9 Å². The summed E-state index contributed by atoms with van der Waals surface area (Å²) in [6.07, 6.45) is 5.13. The Labute approximate surface area is 258 Å². The predicted molar refractivity (Wildman–Crippen MR) is 169 cm³/mol. The van der Waals surface area contributed by atoms with Crippen LogP contribution in [-0.4, -0.2) is 50.0 Å². The highest BCUT2D eigenvalue weighted by atomic mass is 35.5. The van der Waals surface area contributed by atoms with Gasteiger partial charge in [0.15, 0.2) is 0 Å². The molecule has 3 aromatic carbocycles. The zero-order valence-electron chi connectivity index (χ0n) is 24.1. The van der Waals surface area contributed by atoms with Crippen molar-refractivity contribution in [2.75, 3.05) is 17.1 Å². The summed E-state index contributed by atoms with van der Waals surface area (Å²) in [7, 11) is -3.86. The number of aryl methyl sites for hydroxylation is 2. The zero-order chi connectivity index (χ0) is 30.4. The molecular weight excluding hydrogens is 593 g/mol.